The molecule has 0 amide bonds. The molecule has 0 bridgehead atoms. The van der Waals surface area contributed by atoms with Gasteiger partial charge in [-0.2, -0.15) is 0 Å². The summed E-state index contributed by atoms with van der Waals surface area (Å²) in [6, 6.07) is 1.80. The van der Waals surface area contributed by atoms with Gasteiger partial charge in [-0.15, -0.1) is 0 Å². The fourth-order valence-corrected chi connectivity index (χ4v) is 2.50. The second-order valence-corrected chi connectivity index (χ2v) is 5.72. The van der Waals surface area contributed by atoms with Gasteiger partial charge >= 0.3 is 0 Å². The standard InChI is InChI=1S/C15H24N2O2/c1-11(2)19-13-8-12(9-17-10-13)14(16)15(3)6-4-5-7-18-15/h8-11,14H,4-7,16H2,1-3H3. The Kier molecular flexibility index (Phi) is 4.42. The molecule has 0 saturated carbocycles. The smallest absolute Gasteiger partial charge is 0.138 e. The van der Waals surface area contributed by atoms with Crippen LogP contribution in [-0.4, -0.2) is 23.3 Å². The molecule has 4 nitrogen and oxygen atoms in total. The molecular formula is C15H24N2O2. The average molecular weight is 264 g/mol. The SMILES string of the molecule is CC(C)Oc1cncc(C(N)C2(C)CCCCO2)c1. The summed E-state index contributed by atoms with van der Waals surface area (Å²) in [5.74, 6) is 0.766. The molecule has 1 aliphatic heterocycles. The number of hydrogen-bond donors (Lipinski definition) is 1. The number of pyridine rings is 1. The predicted octanol–water partition coefficient (Wildman–Crippen LogP) is 2.83. The number of ether oxygens (including phenoxy) is 2. The minimum absolute atomic E-state index is 0.134. The van der Waals surface area contributed by atoms with Gasteiger partial charge in [0.15, 0.2) is 0 Å². The van der Waals surface area contributed by atoms with E-state index < -0.39 is 0 Å². The van der Waals surface area contributed by atoms with Gasteiger partial charge in [0.2, 0.25) is 0 Å². The van der Waals surface area contributed by atoms with E-state index in [1.165, 1.54) is 6.42 Å². The molecule has 0 radical (unpaired) electrons. The molecule has 1 aromatic rings. The minimum atomic E-state index is -0.295. The van der Waals surface area contributed by atoms with Crippen molar-refractivity contribution >= 4 is 0 Å². The Labute approximate surface area is 115 Å². The summed E-state index contributed by atoms with van der Waals surface area (Å²) in [6.45, 7) is 6.88. The Hall–Kier alpha value is -1.13. The van der Waals surface area contributed by atoms with Crippen LogP contribution in [-0.2, 0) is 4.74 Å². The maximum absolute atomic E-state index is 6.38. The molecule has 2 atom stereocenters. The molecule has 1 fully saturated rings. The summed E-state index contributed by atoms with van der Waals surface area (Å²) in [5.41, 5.74) is 7.06. The van der Waals surface area contributed by atoms with Crippen molar-refractivity contribution in [1.29, 1.82) is 0 Å². The summed E-state index contributed by atoms with van der Waals surface area (Å²) >= 11 is 0. The molecule has 106 valence electrons. The van der Waals surface area contributed by atoms with E-state index in [2.05, 4.69) is 11.9 Å². The number of nitrogens with zero attached hydrogens (tertiary/aromatic N) is 1. The van der Waals surface area contributed by atoms with Crippen LogP contribution in [0.3, 0.4) is 0 Å². The fraction of sp³-hybridized carbons (Fsp3) is 0.667. The van der Waals surface area contributed by atoms with Crippen LogP contribution in [0, 0.1) is 0 Å². The van der Waals surface area contributed by atoms with Crippen molar-refractivity contribution in [2.45, 2.75) is 57.8 Å². The minimum Gasteiger partial charge on any atom is -0.489 e. The highest BCUT2D eigenvalue weighted by atomic mass is 16.5. The van der Waals surface area contributed by atoms with Gasteiger partial charge in [-0.05, 0) is 51.7 Å². The molecule has 19 heavy (non-hydrogen) atoms. The number of rotatable bonds is 4. The van der Waals surface area contributed by atoms with Gasteiger partial charge in [-0.3, -0.25) is 4.98 Å². The van der Waals surface area contributed by atoms with E-state index in [4.69, 9.17) is 15.2 Å². The van der Waals surface area contributed by atoms with E-state index in [1.54, 1.807) is 12.4 Å². The van der Waals surface area contributed by atoms with Gasteiger partial charge in [0.1, 0.15) is 5.75 Å². The Morgan fingerprint density at radius 1 is 1.37 bits per heavy atom. The van der Waals surface area contributed by atoms with Crippen molar-refractivity contribution in [2.75, 3.05) is 6.61 Å². The zero-order chi connectivity index (χ0) is 13.9. The molecule has 2 unspecified atom stereocenters. The molecule has 1 aromatic heterocycles. The summed E-state index contributed by atoms with van der Waals surface area (Å²) in [5, 5.41) is 0. The van der Waals surface area contributed by atoms with E-state index in [1.807, 2.05) is 19.9 Å². The van der Waals surface area contributed by atoms with E-state index in [0.717, 1.165) is 30.8 Å². The number of hydrogen-bond acceptors (Lipinski definition) is 4. The fourth-order valence-electron chi connectivity index (χ4n) is 2.50. The summed E-state index contributed by atoms with van der Waals surface area (Å²) in [6.07, 6.45) is 6.94. The zero-order valence-electron chi connectivity index (χ0n) is 12.1. The highest BCUT2D eigenvalue weighted by Crippen LogP contribution is 2.35. The lowest BCUT2D eigenvalue weighted by Crippen LogP contribution is -2.43. The van der Waals surface area contributed by atoms with Gasteiger partial charge in [0, 0.05) is 12.8 Å². The Morgan fingerprint density at radius 2 is 2.16 bits per heavy atom. The van der Waals surface area contributed by atoms with Crippen LogP contribution in [0.15, 0.2) is 18.5 Å². The zero-order valence-corrected chi connectivity index (χ0v) is 12.1. The number of aromatic nitrogens is 1. The van der Waals surface area contributed by atoms with E-state index in [9.17, 15) is 0 Å². The van der Waals surface area contributed by atoms with Crippen molar-refractivity contribution < 1.29 is 9.47 Å². The van der Waals surface area contributed by atoms with Gasteiger partial charge in [-0.1, -0.05) is 0 Å². The van der Waals surface area contributed by atoms with Gasteiger partial charge in [0.25, 0.3) is 0 Å². The van der Waals surface area contributed by atoms with Crippen LogP contribution in [0.25, 0.3) is 0 Å². The predicted molar refractivity (Wildman–Crippen MR) is 75.1 cm³/mol. The second kappa shape index (κ2) is 5.88. The molecule has 1 saturated heterocycles. The van der Waals surface area contributed by atoms with Crippen molar-refractivity contribution in [3.05, 3.63) is 24.0 Å². The quantitative estimate of drug-likeness (QED) is 0.908. The topological polar surface area (TPSA) is 57.4 Å². The Balaban J connectivity index is 2.16. The van der Waals surface area contributed by atoms with Crippen molar-refractivity contribution in [2.24, 2.45) is 5.73 Å². The molecular weight excluding hydrogens is 240 g/mol. The average Bonchev–Trinajstić information content (AvgIpc) is 2.38. The van der Waals surface area contributed by atoms with E-state index >= 15 is 0 Å². The molecule has 2 rings (SSSR count). The van der Waals surface area contributed by atoms with Gasteiger partial charge in [-0.25, -0.2) is 0 Å². The normalized spacial score (nSPS) is 25.3. The molecule has 0 spiro atoms. The van der Waals surface area contributed by atoms with Crippen molar-refractivity contribution in [3.63, 3.8) is 0 Å². The lowest BCUT2D eigenvalue weighted by molar-refractivity contribution is -0.0821. The van der Waals surface area contributed by atoms with Crippen LogP contribution in [0.1, 0.15) is 51.6 Å². The molecule has 0 aliphatic carbocycles. The largest absolute Gasteiger partial charge is 0.489 e. The first kappa shape index (κ1) is 14.3. The molecule has 4 heteroatoms. The third-order valence-electron chi connectivity index (χ3n) is 3.62. The highest BCUT2D eigenvalue weighted by Gasteiger charge is 2.35. The van der Waals surface area contributed by atoms with Crippen LogP contribution in [0.5, 0.6) is 5.75 Å². The summed E-state index contributed by atoms with van der Waals surface area (Å²) in [7, 11) is 0. The van der Waals surface area contributed by atoms with Gasteiger partial charge < -0.3 is 15.2 Å². The lowest BCUT2D eigenvalue weighted by Gasteiger charge is -2.38. The third-order valence-corrected chi connectivity index (χ3v) is 3.62. The van der Waals surface area contributed by atoms with Crippen LogP contribution >= 0.6 is 0 Å². The maximum atomic E-state index is 6.38. The Bertz CT molecular complexity index is 414. The third kappa shape index (κ3) is 3.45. The Morgan fingerprint density at radius 3 is 2.79 bits per heavy atom. The molecule has 2 heterocycles. The maximum Gasteiger partial charge on any atom is 0.138 e. The molecule has 1 aliphatic rings. The second-order valence-electron chi connectivity index (χ2n) is 5.72. The first-order valence-electron chi connectivity index (χ1n) is 7.02. The van der Waals surface area contributed by atoms with Crippen LogP contribution in [0.2, 0.25) is 0 Å². The summed E-state index contributed by atoms with van der Waals surface area (Å²) < 4.78 is 11.6. The van der Waals surface area contributed by atoms with Crippen molar-refractivity contribution in [3.8, 4) is 5.75 Å². The first-order valence-corrected chi connectivity index (χ1v) is 7.02. The lowest BCUT2D eigenvalue weighted by atomic mass is 9.85. The van der Waals surface area contributed by atoms with E-state index in [-0.39, 0.29) is 17.7 Å². The molecule has 2 N–H and O–H groups in total. The summed E-state index contributed by atoms with van der Waals surface area (Å²) in [4.78, 5) is 4.22. The first-order chi connectivity index (χ1) is 9.01. The number of nitrogens with two attached hydrogens (primary N) is 1. The van der Waals surface area contributed by atoms with E-state index in [0.29, 0.717) is 0 Å². The van der Waals surface area contributed by atoms with Crippen LogP contribution < -0.4 is 10.5 Å². The van der Waals surface area contributed by atoms with Crippen molar-refractivity contribution in [1.82, 2.24) is 4.98 Å². The molecule has 0 aromatic carbocycles. The van der Waals surface area contributed by atoms with Gasteiger partial charge in [0.05, 0.1) is 23.9 Å². The highest BCUT2D eigenvalue weighted by molar-refractivity contribution is 5.27. The monoisotopic (exact) mass is 264 g/mol. The van der Waals surface area contributed by atoms with Crippen LogP contribution in [0.4, 0.5) is 0 Å².